The van der Waals surface area contributed by atoms with E-state index in [2.05, 4.69) is 17.6 Å². The number of piperidine rings is 1. The number of likely N-dealkylation sites (tertiary alicyclic amines) is 1. The van der Waals surface area contributed by atoms with Crippen molar-refractivity contribution in [3.8, 4) is 0 Å². The molecule has 0 saturated carbocycles. The molecule has 2 aliphatic rings. The predicted molar refractivity (Wildman–Crippen MR) is 76.6 cm³/mol. The normalized spacial score (nSPS) is 18.6. The van der Waals surface area contributed by atoms with Crippen LogP contribution in [-0.2, 0) is 6.54 Å². The van der Waals surface area contributed by atoms with Crippen molar-refractivity contribution in [2.24, 2.45) is 5.92 Å². The summed E-state index contributed by atoms with van der Waals surface area (Å²) < 4.78 is 0. The molecule has 3 rings (SSSR count). The lowest BCUT2D eigenvalue weighted by Gasteiger charge is -2.30. The first-order valence-electron chi connectivity index (χ1n) is 7.11. The molecule has 2 heterocycles. The van der Waals surface area contributed by atoms with Gasteiger partial charge in [-0.25, -0.2) is 4.79 Å². The first kappa shape index (κ1) is 13.0. The van der Waals surface area contributed by atoms with Crippen LogP contribution in [0.1, 0.15) is 35.7 Å². The molecule has 3 amide bonds. The molecule has 106 valence electrons. The molecule has 0 aliphatic carbocycles. The maximum Gasteiger partial charge on any atom is 0.321 e. The van der Waals surface area contributed by atoms with Crippen molar-refractivity contribution in [1.29, 1.82) is 0 Å². The van der Waals surface area contributed by atoms with Crippen LogP contribution in [0.5, 0.6) is 0 Å². The van der Waals surface area contributed by atoms with Gasteiger partial charge in [0.05, 0.1) is 0 Å². The SMILES string of the molecule is CC1CCN(C(=O)Nc2cccc3c2CNC3=O)CC1. The number of carbonyl (C=O) groups is 2. The van der Waals surface area contributed by atoms with E-state index < -0.39 is 0 Å². The standard InChI is InChI=1S/C15H19N3O2/c1-10-5-7-18(8-6-10)15(20)17-13-4-2-3-11-12(13)9-16-14(11)19/h2-4,10H,5-9H2,1H3,(H,16,19)(H,17,20). The van der Waals surface area contributed by atoms with Crippen LogP contribution in [0.4, 0.5) is 10.5 Å². The lowest BCUT2D eigenvalue weighted by atomic mass is 10.00. The van der Waals surface area contributed by atoms with Crippen molar-refractivity contribution in [1.82, 2.24) is 10.2 Å². The summed E-state index contributed by atoms with van der Waals surface area (Å²) >= 11 is 0. The highest BCUT2D eigenvalue weighted by Crippen LogP contribution is 2.25. The van der Waals surface area contributed by atoms with Gasteiger partial charge in [0, 0.05) is 36.4 Å². The number of nitrogens with one attached hydrogen (secondary N) is 2. The molecule has 20 heavy (non-hydrogen) atoms. The number of anilines is 1. The van der Waals surface area contributed by atoms with Crippen LogP contribution >= 0.6 is 0 Å². The number of amides is 3. The van der Waals surface area contributed by atoms with Gasteiger partial charge in [0.1, 0.15) is 0 Å². The summed E-state index contributed by atoms with van der Waals surface area (Å²) in [6, 6.07) is 5.38. The minimum atomic E-state index is -0.0668. The molecule has 0 spiro atoms. The van der Waals surface area contributed by atoms with E-state index in [4.69, 9.17) is 0 Å². The van der Waals surface area contributed by atoms with Gasteiger partial charge >= 0.3 is 6.03 Å². The maximum atomic E-state index is 12.3. The summed E-state index contributed by atoms with van der Waals surface area (Å²) in [4.78, 5) is 25.7. The van der Waals surface area contributed by atoms with Crippen molar-refractivity contribution >= 4 is 17.6 Å². The molecule has 0 aromatic heterocycles. The fourth-order valence-corrected chi connectivity index (χ4v) is 2.78. The zero-order chi connectivity index (χ0) is 14.1. The van der Waals surface area contributed by atoms with Crippen LogP contribution in [-0.4, -0.2) is 29.9 Å². The van der Waals surface area contributed by atoms with Crippen molar-refractivity contribution in [3.05, 3.63) is 29.3 Å². The van der Waals surface area contributed by atoms with Gasteiger partial charge in [0.15, 0.2) is 0 Å². The van der Waals surface area contributed by atoms with Gasteiger partial charge in [-0.15, -0.1) is 0 Å². The molecule has 2 aliphatic heterocycles. The highest BCUT2D eigenvalue weighted by Gasteiger charge is 2.24. The van der Waals surface area contributed by atoms with Crippen LogP contribution in [0, 0.1) is 5.92 Å². The summed E-state index contributed by atoms with van der Waals surface area (Å²) in [7, 11) is 0. The minimum absolute atomic E-state index is 0.0651. The molecule has 0 unspecified atom stereocenters. The Balaban J connectivity index is 1.72. The Morgan fingerprint density at radius 3 is 2.85 bits per heavy atom. The van der Waals surface area contributed by atoms with Crippen LogP contribution in [0.2, 0.25) is 0 Å². The first-order chi connectivity index (χ1) is 9.65. The molecule has 0 atom stereocenters. The Morgan fingerprint density at radius 1 is 1.35 bits per heavy atom. The summed E-state index contributed by atoms with van der Waals surface area (Å²) in [6.07, 6.45) is 2.11. The maximum absolute atomic E-state index is 12.3. The monoisotopic (exact) mass is 273 g/mol. The number of nitrogens with zero attached hydrogens (tertiary/aromatic N) is 1. The fraction of sp³-hybridized carbons (Fsp3) is 0.467. The van der Waals surface area contributed by atoms with Crippen LogP contribution in [0.3, 0.4) is 0 Å². The molecule has 0 bridgehead atoms. The number of fused-ring (bicyclic) bond motifs is 1. The third-order valence-corrected chi connectivity index (χ3v) is 4.16. The lowest BCUT2D eigenvalue weighted by Crippen LogP contribution is -2.40. The Labute approximate surface area is 118 Å². The van der Waals surface area contributed by atoms with Crippen molar-refractivity contribution in [3.63, 3.8) is 0 Å². The second-order valence-corrected chi connectivity index (χ2v) is 5.61. The number of hydrogen-bond donors (Lipinski definition) is 2. The smallest absolute Gasteiger partial charge is 0.321 e. The van der Waals surface area contributed by atoms with E-state index in [1.165, 1.54) is 0 Å². The van der Waals surface area contributed by atoms with Crippen molar-refractivity contribution < 1.29 is 9.59 Å². The molecular formula is C15H19N3O2. The number of carbonyl (C=O) groups excluding carboxylic acids is 2. The Kier molecular flexibility index (Phi) is 3.34. The number of benzene rings is 1. The Morgan fingerprint density at radius 2 is 2.10 bits per heavy atom. The summed E-state index contributed by atoms with van der Waals surface area (Å²) in [5.74, 6) is 0.629. The second kappa shape index (κ2) is 5.15. The topological polar surface area (TPSA) is 61.4 Å². The van der Waals surface area contributed by atoms with E-state index >= 15 is 0 Å². The van der Waals surface area contributed by atoms with E-state index in [9.17, 15) is 9.59 Å². The Bertz CT molecular complexity index is 548. The van der Waals surface area contributed by atoms with E-state index in [0.29, 0.717) is 18.0 Å². The lowest BCUT2D eigenvalue weighted by molar-refractivity contribution is 0.0965. The van der Waals surface area contributed by atoms with Gasteiger partial charge in [-0.05, 0) is 30.9 Å². The minimum Gasteiger partial charge on any atom is -0.348 e. The summed E-state index contributed by atoms with van der Waals surface area (Å²) in [6.45, 7) is 4.32. The molecule has 5 heteroatoms. The van der Waals surface area contributed by atoms with Gasteiger partial charge in [0.2, 0.25) is 0 Å². The van der Waals surface area contributed by atoms with E-state index in [-0.39, 0.29) is 11.9 Å². The zero-order valence-electron chi connectivity index (χ0n) is 11.6. The molecule has 5 nitrogen and oxygen atoms in total. The molecule has 1 aromatic carbocycles. The highest BCUT2D eigenvalue weighted by molar-refractivity contribution is 6.01. The highest BCUT2D eigenvalue weighted by atomic mass is 16.2. The summed E-state index contributed by atoms with van der Waals surface area (Å²) in [5, 5.41) is 5.72. The van der Waals surface area contributed by atoms with Gasteiger partial charge in [-0.2, -0.15) is 0 Å². The van der Waals surface area contributed by atoms with E-state index in [0.717, 1.165) is 37.2 Å². The van der Waals surface area contributed by atoms with Gasteiger partial charge in [-0.3, -0.25) is 4.79 Å². The number of hydrogen-bond acceptors (Lipinski definition) is 2. The van der Waals surface area contributed by atoms with Gasteiger partial charge in [-0.1, -0.05) is 13.0 Å². The van der Waals surface area contributed by atoms with E-state index in [1.54, 1.807) is 12.1 Å². The van der Waals surface area contributed by atoms with Crippen LogP contribution < -0.4 is 10.6 Å². The largest absolute Gasteiger partial charge is 0.348 e. The number of rotatable bonds is 1. The van der Waals surface area contributed by atoms with Crippen LogP contribution in [0.25, 0.3) is 0 Å². The Hall–Kier alpha value is -2.04. The van der Waals surface area contributed by atoms with Crippen molar-refractivity contribution in [2.75, 3.05) is 18.4 Å². The molecule has 1 aromatic rings. The third-order valence-electron chi connectivity index (χ3n) is 4.16. The molecule has 2 N–H and O–H groups in total. The van der Waals surface area contributed by atoms with E-state index in [1.807, 2.05) is 11.0 Å². The third kappa shape index (κ3) is 2.35. The zero-order valence-corrected chi connectivity index (χ0v) is 11.6. The molecule has 1 saturated heterocycles. The molecule has 0 radical (unpaired) electrons. The molecule has 1 fully saturated rings. The second-order valence-electron chi connectivity index (χ2n) is 5.61. The predicted octanol–water partition coefficient (Wildman–Crippen LogP) is 2.19. The summed E-state index contributed by atoms with van der Waals surface area (Å²) in [5.41, 5.74) is 2.29. The number of urea groups is 1. The van der Waals surface area contributed by atoms with Crippen molar-refractivity contribution in [2.45, 2.75) is 26.3 Å². The fourth-order valence-electron chi connectivity index (χ4n) is 2.78. The average molecular weight is 273 g/mol. The quantitative estimate of drug-likeness (QED) is 0.824. The van der Waals surface area contributed by atoms with Gasteiger partial charge < -0.3 is 15.5 Å². The van der Waals surface area contributed by atoms with Gasteiger partial charge in [0.25, 0.3) is 5.91 Å². The van der Waals surface area contributed by atoms with Crippen LogP contribution in [0.15, 0.2) is 18.2 Å². The average Bonchev–Trinajstić information content (AvgIpc) is 2.82. The molecular weight excluding hydrogens is 254 g/mol. The first-order valence-corrected chi connectivity index (χ1v) is 7.11.